The van der Waals surface area contributed by atoms with Gasteiger partial charge in [0.05, 0.1) is 14.2 Å². The molecule has 0 amide bonds. The molecule has 0 aliphatic heterocycles. The number of benzene rings is 2. The van der Waals surface area contributed by atoms with E-state index < -0.39 is 0 Å². The van der Waals surface area contributed by atoms with Crippen molar-refractivity contribution < 1.29 is 9.47 Å². The first-order valence-electron chi connectivity index (χ1n) is 6.02. The summed E-state index contributed by atoms with van der Waals surface area (Å²) in [6.07, 6.45) is 0. The van der Waals surface area contributed by atoms with E-state index in [-0.39, 0.29) is 6.15 Å². The minimum atomic E-state index is 0. The van der Waals surface area contributed by atoms with Gasteiger partial charge < -0.3 is 15.6 Å². The van der Waals surface area contributed by atoms with Crippen LogP contribution in [0.15, 0.2) is 48.5 Å². The lowest BCUT2D eigenvalue weighted by molar-refractivity contribution is 0.414. The van der Waals surface area contributed by atoms with Gasteiger partial charge in [-0.1, -0.05) is 31.2 Å². The second-order valence-corrected chi connectivity index (χ2v) is 4.27. The van der Waals surface area contributed by atoms with Gasteiger partial charge in [0, 0.05) is 5.92 Å². The molecule has 0 aromatic heterocycles. The highest BCUT2D eigenvalue weighted by Crippen LogP contribution is 2.26. The molecule has 0 saturated heterocycles. The van der Waals surface area contributed by atoms with Crippen LogP contribution in [-0.4, -0.2) is 14.2 Å². The van der Waals surface area contributed by atoms with Crippen molar-refractivity contribution in [3.8, 4) is 11.5 Å². The summed E-state index contributed by atoms with van der Waals surface area (Å²) in [4.78, 5) is 0. The van der Waals surface area contributed by atoms with Gasteiger partial charge in [-0.25, -0.2) is 0 Å². The molecule has 0 saturated carbocycles. The van der Waals surface area contributed by atoms with Crippen LogP contribution in [-0.2, 0) is 0 Å². The zero-order valence-electron chi connectivity index (χ0n) is 11.7. The average Bonchev–Trinajstić information content (AvgIpc) is 2.47. The maximum absolute atomic E-state index is 5.17. The number of hydrogen-bond donors (Lipinski definition) is 1. The van der Waals surface area contributed by atoms with E-state index in [4.69, 9.17) is 9.47 Å². The summed E-state index contributed by atoms with van der Waals surface area (Å²) in [5.41, 5.74) is 2.56. The van der Waals surface area contributed by atoms with Gasteiger partial charge in [0.25, 0.3) is 0 Å². The van der Waals surface area contributed by atoms with Crippen molar-refractivity contribution >= 4 is 0 Å². The summed E-state index contributed by atoms with van der Waals surface area (Å²) in [6.45, 7) is 2.20. The highest BCUT2D eigenvalue weighted by molar-refractivity contribution is 5.37. The smallest absolute Gasteiger partial charge is 0.118 e. The summed E-state index contributed by atoms with van der Waals surface area (Å²) in [7, 11) is 3.36. The van der Waals surface area contributed by atoms with Gasteiger partial charge in [0.1, 0.15) is 11.5 Å². The van der Waals surface area contributed by atoms with E-state index in [0.717, 1.165) is 11.5 Å². The Labute approximate surface area is 114 Å². The molecule has 3 N–H and O–H groups in total. The highest BCUT2D eigenvalue weighted by Gasteiger charge is 2.08. The van der Waals surface area contributed by atoms with E-state index in [2.05, 4.69) is 31.2 Å². The maximum atomic E-state index is 5.17. The van der Waals surface area contributed by atoms with Crippen molar-refractivity contribution in [1.82, 2.24) is 6.15 Å². The summed E-state index contributed by atoms with van der Waals surface area (Å²) >= 11 is 0. The Hall–Kier alpha value is -2.00. The number of rotatable bonds is 4. The molecule has 0 atom stereocenters. The molecule has 2 rings (SSSR count). The molecule has 0 bridgehead atoms. The maximum Gasteiger partial charge on any atom is 0.118 e. The van der Waals surface area contributed by atoms with Gasteiger partial charge in [-0.15, -0.1) is 0 Å². The van der Waals surface area contributed by atoms with E-state index in [9.17, 15) is 0 Å². The molecule has 0 aliphatic carbocycles. The van der Waals surface area contributed by atoms with Crippen LogP contribution in [0.2, 0.25) is 0 Å². The summed E-state index contributed by atoms with van der Waals surface area (Å²) in [5, 5.41) is 0. The van der Waals surface area contributed by atoms with Crippen LogP contribution < -0.4 is 15.6 Å². The van der Waals surface area contributed by atoms with Crippen LogP contribution in [0.4, 0.5) is 0 Å². The van der Waals surface area contributed by atoms with Crippen LogP contribution >= 0.6 is 0 Å². The summed E-state index contributed by atoms with van der Waals surface area (Å²) < 4.78 is 10.3. The first-order chi connectivity index (χ1) is 8.74. The van der Waals surface area contributed by atoms with Crippen molar-refractivity contribution in [3.63, 3.8) is 0 Å². The molecule has 2 aromatic rings. The molecule has 0 fully saturated rings. The van der Waals surface area contributed by atoms with E-state index in [1.54, 1.807) is 14.2 Å². The van der Waals surface area contributed by atoms with Gasteiger partial charge in [-0.2, -0.15) is 0 Å². The predicted octanol–water partition coefficient (Wildman–Crippen LogP) is 4.02. The molecule has 19 heavy (non-hydrogen) atoms. The quantitative estimate of drug-likeness (QED) is 0.902. The van der Waals surface area contributed by atoms with E-state index >= 15 is 0 Å². The largest absolute Gasteiger partial charge is 0.497 e. The lowest BCUT2D eigenvalue weighted by atomic mass is 9.93. The Morgan fingerprint density at radius 1 is 0.684 bits per heavy atom. The van der Waals surface area contributed by atoms with Crippen molar-refractivity contribution in [2.75, 3.05) is 14.2 Å². The minimum absolute atomic E-state index is 0. The van der Waals surface area contributed by atoms with Crippen LogP contribution in [0.5, 0.6) is 11.5 Å². The first kappa shape index (κ1) is 15.1. The summed E-state index contributed by atoms with van der Waals surface area (Å²) in [6, 6.07) is 16.4. The lowest BCUT2D eigenvalue weighted by Crippen LogP contribution is -1.96. The van der Waals surface area contributed by atoms with Gasteiger partial charge in [-0.05, 0) is 35.4 Å². The average molecular weight is 259 g/mol. The van der Waals surface area contributed by atoms with Gasteiger partial charge in [-0.3, -0.25) is 0 Å². The molecule has 0 radical (unpaired) electrons. The van der Waals surface area contributed by atoms with Crippen LogP contribution in [0.1, 0.15) is 24.0 Å². The standard InChI is InChI=1S/C16H18O2.H3N/c1-12(13-4-8-15(17-2)9-5-13)14-6-10-16(18-3)11-7-14;/h4-12H,1-3H3;1H3. The van der Waals surface area contributed by atoms with Gasteiger partial charge >= 0.3 is 0 Å². The van der Waals surface area contributed by atoms with E-state index in [0.29, 0.717) is 5.92 Å². The molecule has 0 aliphatic rings. The fourth-order valence-electron chi connectivity index (χ4n) is 1.98. The summed E-state index contributed by atoms with van der Waals surface area (Å²) in [5.74, 6) is 2.14. The highest BCUT2D eigenvalue weighted by atomic mass is 16.5. The normalized spacial score (nSPS) is 9.89. The topological polar surface area (TPSA) is 53.5 Å². The molecule has 2 aromatic carbocycles. The van der Waals surface area contributed by atoms with E-state index in [1.165, 1.54) is 11.1 Å². The Kier molecular flexibility index (Phi) is 5.39. The third-order valence-corrected chi connectivity index (χ3v) is 3.23. The fraction of sp³-hybridized carbons (Fsp3) is 0.250. The monoisotopic (exact) mass is 259 g/mol. The molecule has 3 heteroatoms. The van der Waals surface area contributed by atoms with Crippen LogP contribution in [0.3, 0.4) is 0 Å². The molecule has 0 unspecified atom stereocenters. The number of ether oxygens (including phenoxy) is 2. The van der Waals surface area contributed by atoms with E-state index in [1.807, 2.05) is 24.3 Å². The zero-order valence-corrected chi connectivity index (χ0v) is 11.7. The van der Waals surface area contributed by atoms with Crippen molar-refractivity contribution in [2.24, 2.45) is 0 Å². The van der Waals surface area contributed by atoms with Crippen molar-refractivity contribution in [2.45, 2.75) is 12.8 Å². The first-order valence-corrected chi connectivity index (χ1v) is 6.02. The molecule has 0 spiro atoms. The zero-order chi connectivity index (χ0) is 13.0. The number of methoxy groups -OCH3 is 2. The predicted molar refractivity (Wildman–Crippen MR) is 78.5 cm³/mol. The third-order valence-electron chi connectivity index (χ3n) is 3.23. The van der Waals surface area contributed by atoms with Gasteiger partial charge in [0.15, 0.2) is 0 Å². The Morgan fingerprint density at radius 2 is 1.00 bits per heavy atom. The minimum Gasteiger partial charge on any atom is -0.497 e. The molecule has 0 heterocycles. The second kappa shape index (κ2) is 6.81. The Balaban J connectivity index is 0.00000180. The van der Waals surface area contributed by atoms with Crippen molar-refractivity contribution in [3.05, 3.63) is 59.7 Å². The Morgan fingerprint density at radius 3 is 1.26 bits per heavy atom. The SMILES string of the molecule is COc1ccc(C(C)c2ccc(OC)cc2)cc1.N. The molecular formula is C16H21NO2. The van der Waals surface area contributed by atoms with Crippen molar-refractivity contribution in [1.29, 1.82) is 0 Å². The molecule has 102 valence electrons. The Bertz CT molecular complexity index is 444. The number of hydrogen-bond acceptors (Lipinski definition) is 3. The van der Waals surface area contributed by atoms with Gasteiger partial charge in [0.2, 0.25) is 0 Å². The van der Waals surface area contributed by atoms with Crippen LogP contribution in [0, 0.1) is 0 Å². The lowest BCUT2D eigenvalue weighted by Gasteiger charge is -2.13. The molecular weight excluding hydrogens is 238 g/mol. The third kappa shape index (κ3) is 3.48. The fourth-order valence-corrected chi connectivity index (χ4v) is 1.98. The second-order valence-electron chi connectivity index (χ2n) is 4.27. The van der Waals surface area contributed by atoms with Crippen LogP contribution in [0.25, 0.3) is 0 Å². The molecule has 3 nitrogen and oxygen atoms in total.